The number of hydrogen-bond acceptors (Lipinski definition) is 6. The number of furan rings is 1. The van der Waals surface area contributed by atoms with Crippen LogP contribution in [0.3, 0.4) is 0 Å². The molecule has 0 bridgehead atoms. The molecule has 1 aromatic carbocycles. The average molecular weight is 441 g/mol. The summed E-state index contributed by atoms with van der Waals surface area (Å²) in [7, 11) is 0. The first-order valence-electron chi connectivity index (χ1n) is 11.3. The van der Waals surface area contributed by atoms with Crippen LogP contribution in [0.1, 0.15) is 43.9 Å². The zero-order valence-electron chi connectivity index (χ0n) is 19.4. The number of rotatable bonds is 6. The molecule has 1 fully saturated rings. The molecule has 4 rings (SSSR count). The first-order chi connectivity index (χ1) is 15.2. The molecule has 2 aromatic heterocycles. The van der Waals surface area contributed by atoms with Crippen LogP contribution in [0.4, 0.5) is 0 Å². The smallest absolute Gasteiger partial charge is 0.340 e. The van der Waals surface area contributed by atoms with Gasteiger partial charge >= 0.3 is 5.63 Å². The Labute approximate surface area is 187 Å². The fourth-order valence-electron chi connectivity index (χ4n) is 4.27. The van der Waals surface area contributed by atoms with Crippen molar-refractivity contribution < 1.29 is 18.4 Å². The van der Waals surface area contributed by atoms with Gasteiger partial charge in [0.1, 0.15) is 11.2 Å². The van der Waals surface area contributed by atoms with E-state index in [1.165, 1.54) is 0 Å². The Balaban J connectivity index is 1.50. The van der Waals surface area contributed by atoms with Gasteiger partial charge in [-0.05, 0) is 36.9 Å². The quantitative estimate of drug-likeness (QED) is 0.466. The van der Waals surface area contributed by atoms with Gasteiger partial charge in [0.05, 0.1) is 31.5 Å². The summed E-state index contributed by atoms with van der Waals surface area (Å²) in [6.45, 7) is 13.2. The van der Waals surface area contributed by atoms with Crippen LogP contribution in [0, 0.1) is 6.92 Å². The minimum absolute atomic E-state index is 0.0111. The highest BCUT2D eigenvalue weighted by molar-refractivity contribution is 5.97. The summed E-state index contributed by atoms with van der Waals surface area (Å²) >= 11 is 0. The Morgan fingerprint density at radius 1 is 1.12 bits per heavy atom. The van der Waals surface area contributed by atoms with E-state index < -0.39 is 5.63 Å². The number of nitrogens with one attached hydrogen (secondary N) is 1. The third kappa shape index (κ3) is 4.74. The molecule has 7 nitrogen and oxygen atoms in total. The number of hydrogen-bond donors (Lipinski definition) is 1. The van der Waals surface area contributed by atoms with Crippen molar-refractivity contribution >= 4 is 27.8 Å². The van der Waals surface area contributed by atoms with Crippen molar-refractivity contribution in [3.05, 3.63) is 45.5 Å². The normalized spacial score (nSPS) is 15.5. The molecule has 3 aromatic rings. The van der Waals surface area contributed by atoms with E-state index in [2.05, 4.69) is 31.0 Å². The number of benzene rings is 1. The maximum absolute atomic E-state index is 12.6. The van der Waals surface area contributed by atoms with Gasteiger partial charge in [-0.1, -0.05) is 20.8 Å². The second-order valence-electron chi connectivity index (χ2n) is 9.57. The van der Waals surface area contributed by atoms with E-state index in [1.54, 1.807) is 12.3 Å². The predicted octanol–water partition coefficient (Wildman–Crippen LogP) is 3.53. The number of ether oxygens (including phenoxy) is 1. The molecular formula is C25H32N2O5. The monoisotopic (exact) mass is 440 g/mol. The molecule has 0 saturated carbocycles. The van der Waals surface area contributed by atoms with Gasteiger partial charge in [-0.25, -0.2) is 4.79 Å². The molecule has 7 heteroatoms. The molecule has 1 amide bonds. The van der Waals surface area contributed by atoms with Crippen LogP contribution in [0.15, 0.2) is 32.0 Å². The highest BCUT2D eigenvalue weighted by Crippen LogP contribution is 2.35. The van der Waals surface area contributed by atoms with Gasteiger partial charge in [-0.3, -0.25) is 9.69 Å². The summed E-state index contributed by atoms with van der Waals surface area (Å²) in [6, 6.07) is 3.78. The molecule has 0 atom stereocenters. The van der Waals surface area contributed by atoms with Crippen LogP contribution in [-0.4, -0.2) is 50.2 Å². The number of nitrogens with zero attached hydrogens (tertiary/aromatic N) is 1. The highest BCUT2D eigenvalue weighted by Gasteiger charge is 2.22. The summed E-state index contributed by atoms with van der Waals surface area (Å²) < 4.78 is 16.6. The van der Waals surface area contributed by atoms with Crippen molar-refractivity contribution in [2.24, 2.45) is 0 Å². The fourth-order valence-corrected chi connectivity index (χ4v) is 4.27. The van der Waals surface area contributed by atoms with E-state index in [0.29, 0.717) is 23.3 Å². The summed E-state index contributed by atoms with van der Waals surface area (Å²) in [4.78, 5) is 27.5. The van der Waals surface area contributed by atoms with E-state index in [0.717, 1.165) is 61.2 Å². The van der Waals surface area contributed by atoms with E-state index in [9.17, 15) is 9.59 Å². The van der Waals surface area contributed by atoms with Crippen molar-refractivity contribution in [3.63, 3.8) is 0 Å². The van der Waals surface area contributed by atoms with Crippen LogP contribution in [0.2, 0.25) is 0 Å². The third-order valence-corrected chi connectivity index (χ3v) is 6.20. The zero-order valence-corrected chi connectivity index (χ0v) is 19.4. The van der Waals surface area contributed by atoms with Gasteiger partial charge in [-0.15, -0.1) is 0 Å². The van der Waals surface area contributed by atoms with Crippen molar-refractivity contribution in [1.82, 2.24) is 10.2 Å². The van der Waals surface area contributed by atoms with Gasteiger partial charge in [0.15, 0.2) is 0 Å². The summed E-state index contributed by atoms with van der Waals surface area (Å²) in [5, 5.41) is 4.77. The molecule has 1 saturated heterocycles. The average Bonchev–Trinajstić information content (AvgIpc) is 3.17. The second-order valence-corrected chi connectivity index (χ2v) is 9.57. The lowest BCUT2D eigenvalue weighted by Gasteiger charge is -2.26. The van der Waals surface area contributed by atoms with Crippen LogP contribution >= 0.6 is 0 Å². The molecule has 1 aliphatic heterocycles. The van der Waals surface area contributed by atoms with Gasteiger partial charge in [0.2, 0.25) is 5.91 Å². The van der Waals surface area contributed by atoms with Crippen LogP contribution in [0.5, 0.6) is 0 Å². The first kappa shape index (κ1) is 22.6. The Bertz CT molecular complexity index is 1180. The van der Waals surface area contributed by atoms with Crippen molar-refractivity contribution in [3.8, 4) is 0 Å². The fraction of sp³-hybridized carbons (Fsp3) is 0.520. The molecule has 0 radical (unpaired) electrons. The molecule has 172 valence electrons. The summed E-state index contributed by atoms with van der Waals surface area (Å²) in [5.74, 6) is -0.165. The maximum atomic E-state index is 12.6. The standard InChI is InChI=1S/C25H32N2O5/c1-16-17-12-19-20(25(2,3)4)15-31-21(19)14-22(17)32-24(29)18(16)13-23(28)26-6-5-7-27-8-10-30-11-9-27/h12,14-15H,5-11,13H2,1-4H3,(H,26,28). The van der Waals surface area contributed by atoms with Gasteiger partial charge in [0.25, 0.3) is 0 Å². The number of amides is 1. The number of morpholine rings is 1. The molecule has 0 aliphatic carbocycles. The first-order valence-corrected chi connectivity index (χ1v) is 11.3. The maximum Gasteiger partial charge on any atom is 0.340 e. The van der Waals surface area contributed by atoms with Gasteiger partial charge < -0.3 is 18.9 Å². The van der Waals surface area contributed by atoms with E-state index >= 15 is 0 Å². The van der Waals surface area contributed by atoms with Crippen molar-refractivity contribution in [2.45, 2.75) is 46.0 Å². The minimum atomic E-state index is -0.472. The topological polar surface area (TPSA) is 84.9 Å². The van der Waals surface area contributed by atoms with Crippen LogP contribution < -0.4 is 10.9 Å². The lowest BCUT2D eigenvalue weighted by Crippen LogP contribution is -2.38. The Hall–Kier alpha value is -2.64. The highest BCUT2D eigenvalue weighted by atomic mass is 16.5. The molecule has 0 spiro atoms. The number of carbonyl (C=O) groups excluding carboxylic acids is 1. The molecule has 1 N–H and O–H groups in total. The SMILES string of the molecule is Cc1c(CC(=O)NCCCN2CCOCC2)c(=O)oc2cc3occ(C(C)(C)C)c3cc12. The molecule has 0 unspecified atom stereocenters. The summed E-state index contributed by atoms with van der Waals surface area (Å²) in [6.07, 6.45) is 2.64. The predicted molar refractivity (Wildman–Crippen MR) is 124 cm³/mol. The Morgan fingerprint density at radius 3 is 2.59 bits per heavy atom. The Morgan fingerprint density at radius 2 is 1.88 bits per heavy atom. The second kappa shape index (κ2) is 9.08. The van der Waals surface area contributed by atoms with Crippen molar-refractivity contribution in [2.75, 3.05) is 39.4 Å². The number of aryl methyl sites for hydroxylation is 1. The van der Waals surface area contributed by atoms with E-state index in [-0.39, 0.29) is 17.7 Å². The molecule has 3 heterocycles. The van der Waals surface area contributed by atoms with Crippen LogP contribution in [-0.2, 0) is 21.4 Å². The summed E-state index contributed by atoms with van der Waals surface area (Å²) in [5.41, 5.74) is 2.90. The van der Waals surface area contributed by atoms with Gasteiger partial charge in [0, 0.05) is 42.0 Å². The number of carbonyl (C=O) groups is 1. The molecular weight excluding hydrogens is 408 g/mol. The minimum Gasteiger partial charge on any atom is -0.464 e. The van der Waals surface area contributed by atoms with E-state index in [1.807, 2.05) is 13.0 Å². The molecule has 1 aliphatic rings. The molecule has 32 heavy (non-hydrogen) atoms. The number of fused-ring (bicyclic) bond motifs is 2. The van der Waals surface area contributed by atoms with Crippen molar-refractivity contribution in [1.29, 1.82) is 0 Å². The van der Waals surface area contributed by atoms with Gasteiger partial charge in [-0.2, -0.15) is 0 Å². The lowest BCUT2D eigenvalue weighted by molar-refractivity contribution is -0.120. The Kier molecular flexibility index (Phi) is 6.40. The third-order valence-electron chi connectivity index (χ3n) is 6.20. The van der Waals surface area contributed by atoms with E-state index in [4.69, 9.17) is 13.6 Å². The zero-order chi connectivity index (χ0) is 22.9. The van der Waals surface area contributed by atoms with Crippen LogP contribution in [0.25, 0.3) is 21.9 Å². The largest absolute Gasteiger partial charge is 0.464 e. The lowest BCUT2D eigenvalue weighted by atomic mass is 9.86.